The first-order valence-corrected chi connectivity index (χ1v) is 19.6. The summed E-state index contributed by atoms with van der Waals surface area (Å²) < 4.78 is 8.77. The fourth-order valence-electron chi connectivity index (χ4n) is 9.35. The minimum absolute atomic E-state index is 0.586. The Kier molecular flexibility index (Phi) is 6.38. The van der Waals surface area contributed by atoms with Gasteiger partial charge in [-0.3, -0.25) is 0 Å². The van der Waals surface area contributed by atoms with Crippen molar-refractivity contribution in [1.29, 1.82) is 0 Å². The Balaban J connectivity index is 1.13. The van der Waals surface area contributed by atoms with E-state index in [1.54, 1.807) is 0 Å². The van der Waals surface area contributed by atoms with Gasteiger partial charge in [0.2, 0.25) is 0 Å². The Morgan fingerprint density at radius 3 is 1.88 bits per heavy atom. The van der Waals surface area contributed by atoms with Crippen molar-refractivity contribution in [2.45, 2.75) is 0 Å². The molecule has 0 N–H and O–H groups in total. The highest BCUT2D eigenvalue weighted by atomic mass is 16.3. The molecule has 1 aliphatic rings. The van der Waals surface area contributed by atoms with E-state index in [0.717, 1.165) is 66.5 Å². The molecular formula is C53H30N4O. The molecule has 0 aliphatic heterocycles. The second-order valence-electron chi connectivity index (χ2n) is 15.2. The van der Waals surface area contributed by atoms with Crippen molar-refractivity contribution in [3.05, 3.63) is 182 Å². The molecule has 0 saturated heterocycles. The number of hydrogen-bond donors (Lipinski definition) is 0. The van der Waals surface area contributed by atoms with E-state index in [9.17, 15) is 0 Å². The number of aromatic nitrogens is 4. The average molecular weight is 739 g/mol. The summed E-state index contributed by atoms with van der Waals surface area (Å²) in [7, 11) is 0. The maximum absolute atomic E-state index is 6.35. The van der Waals surface area contributed by atoms with Crippen LogP contribution in [0.4, 0.5) is 0 Å². The Labute approximate surface area is 332 Å². The Bertz CT molecular complexity index is 3690. The van der Waals surface area contributed by atoms with Crippen LogP contribution < -0.4 is 0 Å². The van der Waals surface area contributed by atoms with Crippen molar-refractivity contribution in [3.8, 4) is 62.1 Å². The summed E-state index contributed by atoms with van der Waals surface area (Å²) in [6.07, 6.45) is 0. The average Bonchev–Trinajstić information content (AvgIpc) is 3.93. The quantitative estimate of drug-likeness (QED) is 0.180. The zero-order valence-electron chi connectivity index (χ0n) is 31.0. The molecule has 13 rings (SSSR count). The standard InChI is InChI=1S/C53H30N4O/c1-2-12-32(13-3-1)51-54-52(35-24-25-39-38-19-7-9-23-47(38)58-48(39)28-35)56-53(55-51)44-30-36(29-43-40-20-10-16-31-17-11-21-41(49(31)40)50(43)44)57-45-22-8-6-18-37(45)42-26-33-14-4-5-15-34(33)27-46(42)57/h1-30H. The molecule has 0 spiro atoms. The van der Waals surface area contributed by atoms with Crippen LogP contribution in [-0.4, -0.2) is 19.5 Å². The van der Waals surface area contributed by atoms with Gasteiger partial charge >= 0.3 is 0 Å². The van der Waals surface area contributed by atoms with Crippen LogP contribution in [0.1, 0.15) is 0 Å². The van der Waals surface area contributed by atoms with Gasteiger partial charge in [-0.2, -0.15) is 0 Å². The fraction of sp³-hybridized carbons (Fsp3) is 0. The predicted octanol–water partition coefficient (Wildman–Crippen LogP) is 13.8. The molecule has 0 bridgehead atoms. The molecular weight excluding hydrogens is 709 g/mol. The van der Waals surface area contributed by atoms with Crippen LogP contribution in [0.15, 0.2) is 186 Å². The van der Waals surface area contributed by atoms with Gasteiger partial charge in [0.05, 0.1) is 11.0 Å². The van der Waals surface area contributed by atoms with Crippen molar-refractivity contribution in [2.75, 3.05) is 0 Å². The fourth-order valence-corrected chi connectivity index (χ4v) is 9.35. The van der Waals surface area contributed by atoms with Crippen molar-refractivity contribution < 1.29 is 4.42 Å². The zero-order chi connectivity index (χ0) is 37.9. The molecule has 0 radical (unpaired) electrons. The minimum Gasteiger partial charge on any atom is -0.456 e. The third-order valence-corrected chi connectivity index (χ3v) is 11.9. The van der Waals surface area contributed by atoms with Gasteiger partial charge in [0.15, 0.2) is 17.5 Å². The third-order valence-electron chi connectivity index (χ3n) is 11.9. The molecule has 268 valence electrons. The largest absolute Gasteiger partial charge is 0.456 e. The number of benzene rings is 9. The van der Waals surface area contributed by atoms with Gasteiger partial charge in [0.25, 0.3) is 0 Å². The third kappa shape index (κ3) is 4.50. The maximum atomic E-state index is 6.35. The molecule has 0 atom stereocenters. The molecule has 9 aromatic carbocycles. The number of furan rings is 1. The van der Waals surface area contributed by atoms with E-state index in [-0.39, 0.29) is 0 Å². The number of rotatable bonds is 4. The van der Waals surface area contributed by atoms with Crippen molar-refractivity contribution in [3.63, 3.8) is 0 Å². The monoisotopic (exact) mass is 738 g/mol. The Morgan fingerprint density at radius 1 is 0.362 bits per heavy atom. The molecule has 12 aromatic rings. The lowest BCUT2D eigenvalue weighted by molar-refractivity contribution is 0.669. The van der Waals surface area contributed by atoms with E-state index in [1.165, 1.54) is 43.4 Å². The van der Waals surface area contributed by atoms with E-state index >= 15 is 0 Å². The van der Waals surface area contributed by atoms with Gasteiger partial charge in [-0.15, -0.1) is 0 Å². The van der Waals surface area contributed by atoms with E-state index in [1.807, 2.05) is 36.4 Å². The summed E-state index contributed by atoms with van der Waals surface area (Å²) in [6, 6.07) is 64.5. The van der Waals surface area contributed by atoms with Crippen molar-refractivity contribution in [1.82, 2.24) is 19.5 Å². The van der Waals surface area contributed by atoms with Gasteiger partial charge in [0, 0.05) is 49.5 Å². The van der Waals surface area contributed by atoms with Gasteiger partial charge in [0.1, 0.15) is 11.2 Å². The van der Waals surface area contributed by atoms with Crippen molar-refractivity contribution in [2.24, 2.45) is 0 Å². The van der Waals surface area contributed by atoms with E-state index < -0.39 is 0 Å². The first-order chi connectivity index (χ1) is 28.7. The smallest absolute Gasteiger partial charge is 0.164 e. The molecule has 3 heterocycles. The molecule has 0 saturated carbocycles. The van der Waals surface area contributed by atoms with Crippen LogP contribution >= 0.6 is 0 Å². The van der Waals surface area contributed by atoms with E-state index in [2.05, 4.69) is 150 Å². The summed E-state index contributed by atoms with van der Waals surface area (Å²) in [5, 5.41) is 9.47. The molecule has 0 unspecified atom stereocenters. The molecule has 5 heteroatoms. The second kappa shape index (κ2) is 11.8. The lowest BCUT2D eigenvalue weighted by Gasteiger charge is -2.16. The lowest BCUT2D eigenvalue weighted by atomic mass is 9.96. The maximum Gasteiger partial charge on any atom is 0.164 e. The lowest BCUT2D eigenvalue weighted by Crippen LogP contribution is -2.03. The second-order valence-corrected chi connectivity index (χ2v) is 15.2. The summed E-state index contributed by atoms with van der Waals surface area (Å²) in [6.45, 7) is 0. The highest BCUT2D eigenvalue weighted by molar-refractivity contribution is 6.19. The van der Waals surface area contributed by atoms with Crippen LogP contribution in [0, 0.1) is 0 Å². The summed E-state index contributed by atoms with van der Waals surface area (Å²) in [5.41, 5.74) is 12.4. The summed E-state index contributed by atoms with van der Waals surface area (Å²) >= 11 is 0. The first-order valence-electron chi connectivity index (χ1n) is 19.6. The SMILES string of the molecule is c1ccc(-c2nc(-c3ccc4c(c3)oc3ccccc34)nc(-c3cc(-n4c5ccccc5c5cc6ccccc6cc54)cc4c3-c3cccc5cccc-4c35)n2)cc1. The number of nitrogens with zero attached hydrogens (tertiary/aromatic N) is 4. The summed E-state index contributed by atoms with van der Waals surface area (Å²) in [5.74, 6) is 1.81. The normalized spacial score (nSPS) is 12.1. The number of para-hydroxylation sites is 2. The Hall–Kier alpha value is -7.89. The first kappa shape index (κ1) is 31.3. The molecule has 0 fully saturated rings. The number of hydrogen-bond acceptors (Lipinski definition) is 4. The highest BCUT2D eigenvalue weighted by Crippen LogP contribution is 2.52. The minimum atomic E-state index is 0.586. The van der Waals surface area contributed by atoms with Gasteiger partial charge < -0.3 is 8.98 Å². The van der Waals surface area contributed by atoms with Crippen LogP contribution in [-0.2, 0) is 0 Å². The van der Waals surface area contributed by atoms with Crippen LogP contribution in [0.3, 0.4) is 0 Å². The van der Waals surface area contributed by atoms with Crippen LogP contribution in [0.2, 0.25) is 0 Å². The Morgan fingerprint density at radius 2 is 1.02 bits per heavy atom. The van der Waals surface area contributed by atoms with Crippen LogP contribution in [0.25, 0.3) is 127 Å². The van der Waals surface area contributed by atoms with E-state index in [0.29, 0.717) is 17.5 Å². The number of fused-ring (bicyclic) bond motifs is 10. The molecule has 1 aliphatic carbocycles. The predicted molar refractivity (Wildman–Crippen MR) is 237 cm³/mol. The van der Waals surface area contributed by atoms with Gasteiger partial charge in [-0.25, -0.2) is 15.0 Å². The van der Waals surface area contributed by atoms with Gasteiger partial charge in [-0.1, -0.05) is 133 Å². The topological polar surface area (TPSA) is 56.7 Å². The zero-order valence-corrected chi connectivity index (χ0v) is 31.0. The highest BCUT2D eigenvalue weighted by Gasteiger charge is 2.28. The van der Waals surface area contributed by atoms with Gasteiger partial charge in [-0.05, 0) is 86.8 Å². The van der Waals surface area contributed by atoms with E-state index in [4.69, 9.17) is 19.4 Å². The van der Waals surface area contributed by atoms with Crippen LogP contribution in [0.5, 0.6) is 0 Å². The summed E-state index contributed by atoms with van der Waals surface area (Å²) in [4.78, 5) is 15.9. The molecule has 0 amide bonds. The molecule has 3 aromatic heterocycles. The molecule has 58 heavy (non-hydrogen) atoms. The molecule has 5 nitrogen and oxygen atoms in total. The van der Waals surface area contributed by atoms with Crippen molar-refractivity contribution >= 4 is 65.3 Å².